The van der Waals surface area contributed by atoms with E-state index < -0.39 is 5.82 Å². The van der Waals surface area contributed by atoms with Crippen LogP contribution in [-0.4, -0.2) is 30.4 Å². The summed E-state index contributed by atoms with van der Waals surface area (Å²) >= 11 is 0. The predicted molar refractivity (Wildman–Crippen MR) is 92.4 cm³/mol. The first-order chi connectivity index (χ1) is 11.1. The summed E-state index contributed by atoms with van der Waals surface area (Å²) in [6.07, 6.45) is 4.91. The molecule has 0 aromatic carbocycles. The third kappa shape index (κ3) is 5.37. The van der Waals surface area contributed by atoms with Crippen molar-refractivity contribution in [1.82, 2.24) is 15.8 Å². The van der Waals surface area contributed by atoms with Crippen LogP contribution in [0.5, 0.6) is 0 Å². The van der Waals surface area contributed by atoms with Gasteiger partial charge in [0.25, 0.3) is 0 Å². The molecular formula is C16H23FN6. The molecule has 0 aliphatic carbocycles. The highest BCUT2D eigenvalue weighted by molar-refractivity contribution is 6.11. The number of hydrazine groups is 1. The summed E-state index contributed by atoms with van der Waals surface area (Å²) in [6, 6.07) is 1.27. The molecule has 0 saturated carbocycles. The Labute approximate surface area is 136 Å². The van der Waals surface area contributed by atoms with Crippen molar-refractivity contribution in [2.45, 2.75) is 33.1 Å². The van der Waals surface area contributed by atoms with Gasteiger partial charge in [-0.25, -0.2) is 19.8 Å². The van der Waals surface area contributed by atoms with E-state index >= 15 is 0 Å². The number of halogens is 1. The number of pyridine rings is 1. The van der Waals surface area contributed by atoms with Crippen LogP contribution in [0.1, 0.15) is 38.7 Å². The molecule has 1 heterocycles. The van der Waals surface area contributed by atoms with E-state index in [4.69, 9.17) is 5.41 Å². The van der Waals surface area contributed by atoms with Gasteiger partial charge in [0.15, 0.2) is 11.7 Å². The minimum Gasteiger partial charge on any atom is -0.325 e. The molecule has 3 N–H and O–H groups in total. The molecule has 0 aliphatic heterocycles. The number of nitrogens with one attached hydrogen (secondary N) is 3. The van der Waals surface area contributed by atoms with E-state index in [-0.39, 0.29) is 11.7 Å². The Bertz CT molecular complexity index is 613. The Balaban J connectivity index is 3.22. The molecule has 7 heteroatoms. The summed E-state index contributed by atoms with van der Waals surface area (Å²) in [7, 11) is 1.77. The van der Waals surface area contributed by atoms with Crippen LogP contribution in [0.15, 0.2) is 39.7 Å². The van der Waals surface area contributed by atoms with E-state index in [1.807, 2.05) is 6.92 Å². The maximum absolute atomic E-state index is 13.3. The standard InChI is InChI=1S/C16H23FN6/c1-5-7-14(23-20-4)13(6-2)15(18)22-16(19-3)11-8-12(17)10-21-9-11/h8-10,18,20,23H,3,5-7H2,1-2,4H3. The largest absolute Gasteiger partial charge is 0.325 e. The molecule has 1 rings (SSSR count). The van der Waals surface area contributed by atoms with Crippen molar-refractivity contribution in [1.29, 1.82) is 5.41 Å². The second kappa shape index (κ2) is 9.58. The number of amidine groups is 2. The highest BCUT2D eigenvalue weighted by Crippen LogP contribution is 2.15. The molecule has 124 valence electrons. The van der Waals surface area contributed by atoms with Crippen molar-refractivity contribution in [3.63, 3.8) is 0 Å². The molecule has 0 atom stereocenters. The van der Waals surface area contributed by atoms with Crippen LogP contribution in [0.3, 0.4) is 0 Å². The molecule has 0 saturated heterocycles. The van der Waals surface area contributed by atoms with E-state index in [2.05, 4.69) is 39.5 Å². The molecule has 0 amide bonds. The number of aliphatic imine (C=N–C) groups is 2. The van der Waals surface area contributed by atoms with Crippen molar-refractivity contribution in [2.75, 3.05) is 7.05 Å². The Hall–Kier alpha value is -2.41. The molecule has 1 aromatic heterocycles. The van der Waals surface area contributed by atoms with Gasteiger partial charge in [-0.05, 0) is 25.6 Å². The molecule has 0 unspecified atom stereocenters. The second-order valence-electron chi connectivity index (χ2n) is 4.77. The van der Waals surface area contributed by atoms with Crippen molar-refractivity contribution in [3.05, 3.63) is 41.1 Å². The Morgan fingerprint density at radius 1 is 1.39 bits per heavy atom. The van der Waals surface area contributed by atoms with Crippen molar-refractivity contribution >= 4 is 18.4 Å². The molecule has 1 aromatic rings. The number of aromatic nitrogens is 1. The van der Waals surface area contributed by atoms with Gasteiger partial charge in [0.1, 0.15) is 5.82 Å². The normalized spacial score (nSPS) is 12.6. The Morgan fingerprint density at radius 2 is 2.13 bits per heavy atom. The van der Waals surface area contributed by atoms with E-state index in [0.29, 0.717) is 12.0 Å². The lowest BCUT2D eigenvalue weighted by molar-refractivity contribution is 0.621. The zero-order valence-electron chi connectivity index (χ0n) is 13.8. The van der Waals surface area contributed by atoms with Crippen molar-refractivity contribution in [3.8, 4) is 0 Å². The first kappa shape index (κ1) is 18.6. The molecule has 0 aliphatic rings. The number of allylic oxidation sites excluding steroid dienone is 1. The zero-order valence-corrected chi connectivity index (χ0v) is 13.8. The number of rotatable bonds is 7. The quantitative estimate of drug-likeness (QED) is 0.410. The monoisotopic (exact) mass is 318 g/mol. The summed E-state index contributed by atoms with van der Waals surface area (Å²) in [5, 5.41) is 8.25. The summed E-state index contributed by atoms with van der Waals surface area (Å²) in [5.74, 6) is -0.237. The topological polar surface area (TPSA) is 85.5 Å². The number of hydrogen-bond acceptors (Lipinski definition) is 4. The van der Waals surface area contributed by atoms with Gasteiger partial charge in [-0.15, -0.1) is 0 Å². The third-order valence-corrected chi connectivity index (χ3v) is 3.11. The highest BCUT2D eigenvalue weighted by Gasteiger charge is 2.12. The summed E-state index contributed by atoms with van der Waals surface area (Å²) < 4.78 is 13.3. The number of nitrogens with zero attached hydrogens (tertiary/aromatic N) is 3. The fraction of sp³-hybridized carbons (Fsp3) is 0.375. The van der Waals surface area contributed by atoms with E-state index in [1.165, 1.54) is 12.3 Å². The minimum atomic E-state index is -0.486. The van der Waals surface area contributed by atoms with E-state index in [1.54, 1.807) is 7.05 Å². The Kier molecular flexibility index (Phi) is 7.76. The van der Waals surface area contributed by atoms with Gasteiger partial charge >= 0.3 is 0 Å². The van der Waals surface area contributed by atoms with Crippen LogP contribution in [0.25, 0.3) is 0 Å². The lowest BCUT2D eigenvalue weighted by Crippen LogP contribution is -2.29. The lowest BCUT2D eigenvalue weighted by atomic mass is 10.1. The van der Waals surface area contributed by atoms with Crippen molar-refractivity contribution < 1.29 is 4.39 Å². The van der Waals surface area contributed by atoms with Crippen LogP contribution < -0.4 is 10.9 Å². The molecule has 0 radical (unpaired) electrons. The zero-order chi connectivity index (χ0) is 17.2. The maximum atomic E-state index is 13.3. The molecule has 0 spiro atoms. The Morgan fingerprint density at radius 3 is 2.65 bits per heavy atom. The average Bonchev–Trinajstić information content (AvgIpc) is 2.53. The van der Waals surface area contributed by atoms with Gasteiger partial charge in [-0.2, -0.15) is 0 Å². The van der Waals surface area contributed by atoms with E-state index in [9.17, 15) is 4.39 Å². The predicted octanol–water partition coefficient (Wildman–Crippen LogP) is 2.83. The average molecular weight is 318 g/mol. The van der Waals surface area contributed by atoms with Crippen LogP contribution in [0.4, 0.5) is 4.39 Å². The van der Waals surface area contributed by atoms with Gasteiger partial charge < -0.3 is 5.43 Å². The maximum Gasteiger partial charge on any atom is 0.162 e. The molecule has 23 heavy (non-hydrogen) atoms. The second-order valence-corrected chi connectivity index (χ2v) is 4.77. The fourth-order valence-electron chi connectivity index (χ4n) is 2.11. The van der Waals surface area contributed by atoms with Crippen LogP contribution in [0.2, 0.25) is 0 Å². The molecular weight excluding hydrogens is 295 g/mol. The smallest absolute Gasteiger partial charge is 0.162 e. The van der Waals surface area contributed by atoms with Crippen LogP contribution in [0, 0.1) is 11.2 Å². The molecule has 0 fully saturated rings. The SMILES string of the molecule is C=NC(=NC(=N)C(CC)=C(CCC)NNC)c1cncc(F)c1. The summed E-state index contributed by atoms with van der Waals surface area (Å²) in [6.45, 7) is 7.47. The van der Waals surface area contributed by atoms with Gasteiger partial charge in [0.2, 0.25) is 0 Å². The number of hydrogen-bond donors (Lipinski definition) is 3. The fourth-order valence-corrected chi connectivity index (χ4v) is 2.11. The molecule has 0 bridgehead atoms. The summed E-state index contributed by atoms with van der Waals surface area (Å²) in [4.78, 5) is 11.8. The van der Waals surface area contributed by atoms with E-state index in [0.717, 1.165) is 30.3 Å². The molecule has 6 nitrogen and oxygen atoms in total. The first-order valence-corrected chi connectivity index (χ1v) is 7.47. The van der Waals surface area contributed by atoms with Gasteiger partial charge in [-0.3, -0.25) is 10.4 Å². The highest BCUT2D eigenvalue weighted by atomic mass is 19.1. The van der Waals surface area contributed by atoms with Gasteiger partial charge in [-0.1, -0.05) is 20.3 Å². The first-order valence-electron chi connectivity index (χ1n) is 7.47. The lowest BCUT2D eigenvalue weighted by Gasteiger charge is -2.14. The van der Waals surface area contributed by atoms with Crippen LogP contribution >= 0.6 is 0 Å². The van der Waals surface area contributed by atoms with Gasteiger partial charge in [0.05, 0.1) is 6.20 Å². The third-order valence-electron chi connectivity index (χ3n) is 3.11. The van der Waals surface area contributed by atoms with Crippen LogP contribution in [-0.2, 0) is 0 Å². The summed E-state index contributed by atoms with van der Waals surface area (Å²) in [5.41, 5.74) is 8.00. The van der Waals surface area contributed by atoms with Gasteiger partial charge in [0, 0.05) is 30.1 Å². The minimum absolute atomic E-state index is 0.0744. The van der Waals surface area contributed by atoms with Crippen molar-refractivity contribution in [2.24, 2.45) is 9.98 Å².